The van der Waals surface area contributed by atoms with Gasteiger partial charge in [0.2, 0.25) is 5.79 Å². The van der Waals surface area contributed by atoms with E-state index in [1.165, 1.54) is 27.7 Å². The molecule has 10 heteroatoms. The van der Waals surface area contributed by atoms with Gasteiger partial charge in [-0.3, -0.25) is 0 Å². The summed E-state index contributed by atoms with van der Waals surface area (Å²) in [5.41, 5.74) is -4.54. The molecule has 2 unspecified atom stereocenters. The van der Waals surface area contributed by atoms with E-state index in [0.29, 0.717) is 6.42 Å². The molecule has 3 heterocycles. The fourth-order valence-corrected chi connectivity index (χ4v) is 5.07. The number of nitrogens with two attached hydrogens (primary N) is 1. The van der Waals surface area contributed by atoms with Gasteiger partial charge < -0.3 is 23.7 Å². The maximum atomic E-state index is 12.0. The maximum Gasteiger partial charge on any atom is 0.333 e. The average molecular weight is 456 g/mol. The first kappa shape index (κ1) is 19.2. The summed E-state index contributed by atoms with van der Waals surface area (Å²) in [6.45, 7) is 11.1. The van der Waals surface area contributed by atoms with E-state index >= 15 is 0 Å². The molecular formula is C20H37NO8S. The van der Waals surface area contributed by atoms with Crippen LogP contribution in [-0.4, -0.2) is 54.8 Å². The number of fused-ring (bicyclic) bond motifs is 3. The Hall–Kier alpha value is -0.330. The zero-order valence-corrected chi connectivity index (χ0v) is 19.9. The fourth-order valence-electron chi connectivity index (χ4n) is 4.37. The van der Waals surface area contributed by atoms with Gasteiger partial charge in [-0.1, -0.05) is 20.8 Å². The molecule has 0 aromatic heterocycles. The molecule has 0 aromatic carbocycles. The summed E-state index contributed by atoms with van der Waals surface area (Å²) in [6, 6.07) is 0. The first-order valence-corrected chi connectivity index (χ1v) is 11.5. The molecule has 3 fully saturated rings. The normalized spacial score (nSPS) is 48.9. The minimum atomic E-state index is -4.47. The number of ether oxygens (including phenoxy) is 5. The van der Waals surface area contributed by atoms with E-state index in [4.69, 9.17) is 38.5 Å². The van der Waals surface area contributed by atoms with Gasteiger partial charge in [-0.25, -0.2) is 9.32 Å². The van der Waals surface area contributed by atoms with E-state index in [-0.39, 0.29) is 0 Å². The highest BCUT2D eigenvalue weighted by Gasteiger charge is 2.79. The lowest BCUT2D eigenvalue weighted by atomic mass is 9.72. The zero-order chi connectivity index (χ0) is 26.6. The zero-order valence-electron chi connectivity index (χ0n) is 23.1. The highest BCUT2D eigenvalue weighted by Crippen LogP contribution is 2.61. The third-order valence-corrected chi connectivity index (χ3v) is 7.30. The maximum absolute atomic E-state index is 12.0. The summed E-state index contributed by atoms with van der Waals surface area (Å²) in [6.07, 6.45) is -2.03. The second-order valence-electron chi connectivity index (χ2n) is 9.86. The monoisotopic (exact) mass is 455 g/mol. The van der Waals surface area contributed by atoms with Gasteiger partial charge in [0, 0.05) is 11.4 Å². The molecule has 0 aliphatic carbocycles. The molecule has 3 aliphatic heterocycles. The molecular weight excluding hydrogens is 414 g/mol. The van der Waals surface area contributed by atoms with Gasteiger partial charge in [-0.05, 0) is 54.8 Å². The van der Waals surface area contributed by atoms with Crippen LogP contribution < -0.4 is 5.14 Å². The lowest BCUT2D eigenvalue weighted by Gasteiger charge is -2.57. The van der Waals surface area contributed by atoms with Gasteiger partial charge in [0.25, 0.3) is 0 Å². The summed E-state index contributed by atoms with van der Waals surface area (Å²) in [4.78, 5) is 0. The van der Waals surface area contributed by atoms with Crippen molar-refractivity contribution < 1.29 is 41.8 Å². The van der Waals surface area contributed by atoms with E-state index in [1.807, 2.05) is 0 Å². The van der Waals surface area contributed by atoms with Gasteiger partial charge in [0.05, 0.1) is 5.60 Å². The lowest BCUT2D eigenvalue weighted by molar-refractivity contribution is -0.392. The van der Waals surface area contributed by atoms with Crippen molar-refractivity contribution in [2.75, 3.05) is 0 Å². The van der Waals surface area contributed by atoms with Crippen LogP contribution in [0.5, 0.6) is 0 Å². The topological polar surface area (TPSA) is 116 Å². The third kappa shape index (κ3) is 3.35. The van der Waals surface area contributed by atoms with Crippen LogP contribution in [0.1, 0.15) is 81.1 Å². The Morgan fingerprint density at radius 2 is 1.73 bits per heavy atom. The molecule has 0 saturated carbocycles. The van der Waals surface area contributed by atoms with Crippen LogP contribution in [0, 0.1) is 5.89 Å². The molecule has 0 spiro atoms. The Morgan fingerprint density at radius 1 is 1.13 bits per heavy atom. The Kier molecular flexibility index (Phi) is 4.22. The first-order chi connectivity index (χ1) is 14.8. The van der Waals surface area contributed by atoms with Crippen molar-refractivity contribution in [3.63, 3.8) is 0 Å². The highest BCUT2D eigenvalue weighted by molar-refractivity contribution is 7.84. The number of rotatable bonds is 5. The Balaban J connectivity index is 2.28. The number of hydrogen-bond acceptors (Lipinski definition) is 8. The summed E-state index contributed by atoms with van der Waals surface area (Å²) >= 11 is 0. The largest absolute Gasteiger partial charge is 0.341 e. The molecule has 6 atom stereocenters. The van der Waals surface area contributed by atoms with Crippen molar-refractivity contribution in [2.45, 2.75) is 122 Å². The molecule has 3 aliphatic rings. The summed E-state index contributed by atoms with van der Waals surface area (Å²) in [7, 11) is -4.47. The predicted octanol–water partition coefficient (Wildman–Crippen LogP) is 2.58. The van der Waals surface area contributed by atoms with Crippen molar-refractivity contribution in [3.05, 3.63) is 0 Å². The van der Waals surface area contributed by atoms with Crippen LogP contribution in [0.25, 0.3) is 0 Å². The van der Waals surface area contributed by atoms with Crippen molar-refractivity contribution in [2.24, 2.45) is 11.0 Å². The van der Waals surface area contributed by atoms with Crippen LogP contribution in [0.15, 0.2) is 0 Å². The standard InChI is InChI=1S/C20H37NO8S/c1-11-17(8)24-14-13-18(9,28-19(10,25-13)12(2)3)15(4,5)26-20(14,27-17)16(6,7)29-30(21,22)23/h12-14H,11H2,1-10H3,(H2,21,22,23)/t13-,14-,17?,18-,19?,20+/m0/s1/i10D3,12D. The quantitative estimate of drug-likeness (QED) is 0.672. The Bertz CT molecular complexity index is 935. The number of hydrogen-bond donors (Lipinski definition) is 1. The molecule has 0 aromatic rings. The average Bonchev–Trinajstić information content (AvgIpc) is 3.07. The van der Waals surface area contributed by atoms with Crippen molar-refractivity contribution in [3.8, 4) is 0 Å². The fraction of sp³-hybridized carbons (Fsp3) is 1.00. The molecule has 0 bridgehead atoms. The summed E-state index contributed by atoms with van der Waals surface area (Å²) in [5, 5.41) is 5.21. The highest BCUT2D eigenvalue weighted by atomic mass is 32.2. The van der Waals surface area contributed by atoms with Crippen molar-refractivity contribution >= 4 is 10.3 Å². The van der Waals surface area contributed by atoms with Gasteiger partial charge in [-0.15, -0.1) is 0 Å². The van der Waals surface area contributed by atoms with Gasteiger partial charge in [0.1, 0.15) is 23.4 Å². The SMILES string of the molecule is [2H]C([2H])([2H])C1(C([2H])(C)C)O[C@H]2[C@@H]3OC(C)(CC)O[C@]3(C(C)(C)OS(N)(=O)=O)OC(C)(C)[C@@]2(C)O1. The second kappa shape index (κ2) is 6.60. The third-order valence-electron chi connectivity index (χ3n) is 6.65. The molecule has 30 heavy (non-hydrogen) atoms. The van der Waals surface area contributed by atoms with Crippen molar-refractivity contribution in [1.29, 1.82) is 0 Å². The van der Waals surface area contributed by atoms with E-state index in [0.717, 1.165) is 0 Å². The first-order valence-electron chi connectivity index (χ1n) is 12.0. The van der Waals surface area contributed by atoms with E-state index in [9.17, 15) is 8.42 Å². The Labute approximate surface area is 185 Å². The van der Waals surface area contributed by atoms with Gasteiger partial charge in [0.15, 0.2) is 11.6 Å². The van der Waals surface area contributed by atoms with Gasteiger partial charge >= 0.3 is 10.3 Å². The smallest absolute Gasteiger partial charge is 0.333 e. The predicted molar refractivity (Wildman–Crippen MR) is 108 cm³/mol. The van der Waals surface area contributed by atoms with Crippen molar-refractivity contribution in [1.82, 2.24) is 0 Å². The Morgan fingerprint density at radius 3 is 2.20 bits per heavy atom. The molecule has 2 N–H and O–H groups in total. The van der Waals surface area contributed by atoms with E-state index in [2.05, 4.69) is 0 Å². The van der Waals surface area contributed by atoms with Crippen LogP contribution in [0.2, 0.25) is 0 Å². The van der Waals surface area contributed by atoms with Crippen LogP contribution in [0.3, 0.4) is 0 Å². The lowest BCUT2D eigenvalue weighted by Crippen LogP contribution is -2.76. The molecule has 0 amide bonds. The molecule has 9 nitrogen and oxygen atoms in total. The minimum absolute atomic E-state index is 0.332. The summed E-state index contributed by atoms with van der Waals surface area (Å²) < 4.78 is 94.1. The second-order valence-corrected chi connectivity index (χ2v) is 11.0. The molecule has 0 radical (unpaired) electrons. The molecule has 3 rings (SSSR count). The molecule has 3 saturated heterocycles. The van der Waals surface area contributed by atoms with Crippen LogP contribution in [0.4, 0.5) is 0 Å². The van der Waals surface area contributed by atoms with E-state index < -0.39 is 69.4 Å². The summed E-state index contributed by atoms with van der Waals surface area (Å²) in [5.74, 6) is -7.26. The van der Waals surface area contributed by atoms with E-state index in [1.54, 1.807) is 34.6 Å². The minimum Gasteiger partial charge on any atom is -0.341 e. The molecule has 176 valence electrons. The van der Waals surface area contributed by atoms with Crippen LogP contribution in [-0.2, 0) is 38.2 Å². The van der Waals surface area contributed by atoms with Crippen LogP contribution >= 0.6 is 0 Å². The van der Waals surface area contributed by atoms with Gasteiger partial charge in [-0.2, -0.15) is 8.42 Å².